The molecule has 0 aliphatic rings. The second-order valence-corrected chi connectivity index (χ2v) is 6.77. The van der Waals surface area contributed by atoms with Crippen LogP contribution in [0.3, 0.4) is 0 Å². The number of carbonyl (C=O) groups excluding carboxylic acids is 2. The highest BCUT2D eigenvalue weighted by molar-refractivity contribution is 5.91. The number of amides is 2. The van der Waals surface area contributed by atoms with Gasteiger partial charge in [-0.25, -0.2) is 4.68 Å². The van der Waals surface area contributed by atoms with Crippen LogP contribution in [0.25, 0.3) is 5.69 Å². The third-order valence-corrected chi connectivity index (χ3v) is 4.37. The van der Waals surface area contributed by atoms with Crippen LogP contribution in [-0.4, -0.2) is 26.5 Å². The van der Waals surface area contributed by atoms with E-state index in [0.717, 1.165) is 5.56 Å². The fourth-order valence-electron chi connectivity index (χ4n) is 3.06. The number of nitro groups is 1. The Balaban J connectivity index is 1.79. The third-order valence-electron chi connectivity index (χ3n) is 4.37. The zero-order chi connectivity index (χ0) is 21.7. The highest BCUT2D eigenvalue weighted by Crippen LogP contribution is 2.22. The van der Waals surface area contributed by atoms with Crippen LogP contribution in [0.5, 0.6) is 0 Å². The number of carbonyl (C=O) groups is 2. The van der Waals surface area contributed by atoms with E-state index in [1.54, 1.807) is 25.1 Å². The summed E-state index contributed by atoms with van der Waals surface area (Å²) >= 11 is 0. The van der Waals surface area contributed by atoms with E-state index in [0.29, 0.717) is 17.2 Å². The van der Waals surface area contributed by atoms with E-state index in [2.05, 4.69) is 15.7 Å². The summed E-state index contributed by atoms with van der Waals surface area (Å²) < 4.78 is 1.51. The monoisotopic (exact) mass is 407 g/mol. The van der Waals surface area contributed by atoms with Gasteiger partial charge in [0.2, 0.25) is 11.8 Å². The summed E-state index contributed by atoms with van der Waals surface area (Å²) in [6, 6.07) is 16.3. The summed E-state index contributed by atoms with van der Waals surface area (Å²) in [6.45, 7) is 3.18. The van der Waals surface area contributed by atoms with Gasteiger partial charge in [0.25, 0.3) is 5.69 Å². The molecule has 0 saturated heterocycles. The first kappa shape index (κ1) is 20.7. The van der Waals surface area contributed by atoms with Crippen molar-refractivity contribution in [3.8, 4) is 5.69 Å². The van der Waals surface area contributed by atoms with Crippen LogP contribution in [0.2, 0.25) is 0 Å². The number of aryl methyl sites for hydroxylation is 1. The van der Waals surface area contributed by atoms with E-state index in [1.807, 2.05) is 30.3 Å². The molecule has 154 valence electrons. The Labute approximate surface area is 172 Å². The quantitative estimate of drug-likeness (QED) is 0.460. The maximum atomic E-state index is 12.7. The number of hydrogen-bond donors (Lipinski definition) is 2. The van der Waals surface area contributed by atoms with Gasteiger partial charge in [-0.05, 0) is 24.6 Å². The molecule has 30 heavy (non-hydrogen) atoms. The molecular formula is C21H21N5O4. The standard InChI is InChI=1S/C21H21N5O4/c1-14-12-20(25(24-14)17-8-10-18(11-9-17)26(29)30)23-21(28)13-19(22-15(2)27)16-6-4-3-5-7-16/h3-12,19H,13H2,1-2H3,(H,22,27)(H,23,28). The minimum atomic E-state index is -0.480. The van der Waals surface area contributed by atoms with Crippen molar-refractivity contribution in [2.75, 3.05) is 5.32 Å². The number of anilines is 1. The molecule has 0 saturated carbocycles. The number of hydrogen-bond acceptors (Lipinski definition) is 5. The molecule has 3 aromatic rings. The molecule has 1 unspecified atom stereocenters. The lowest BCUT2D eigenvalue weighted by molar-refractivity contribution is -0.384. The molecule has 0 fully saturated rings. The molecule has 1 atom stereocenters. The van der Waals surface area contributed by atoms with Gasteiger partial charge in [0.15, 0.2) is 0 Å². The van der Waals surface area contributed by atoms with Crippen LogP contribution < -0.4 is 10.6 Å². The third kappa shape index (κ3) is 5.07. The lowest BCUT2D eigenvalue weighted by Gasteiger charge is -2.18. The lowest BCUT2D eigenvalue weighted by atomic mass is 10.0. The van der Waals surface area contributed by atoms with Crippen molar-refractivity contribution in [1.29, 1.82) is 0 Å². The minimum Gasteiger partial charge on any atom is -0.349 e. The maximum Gasteiger partial charge on any atom is 0.269 e. The molecule has 0 bridgehead atoms. The molecule has 2 amide bonds. The van der Waals surface area contributed by atoms with E-state index < -0.39 is 11.0 Å². The fraction of sp³-hybridized carbons (Fsp3) is 0.190. The Hall–Kier alpha value is -4.01. The van der Waals surface area contributed by atoms with Crippen molar-refractivity contribution >= 4 is 23.3 Å². The van der Waals surface area contributed by atoms with Gasteiger partial charge < -0.3 is 10.6 Å². The van der Waals surface area contributed by atoms with E-state index in [9.17, 15) is 19.7 Å². The van der Waals surface area contributed by atoms with Crippen molar-refractivity contribution in [3.05, 3.63) is 82.0 Å². The molecular weight excluding hydrogens is 386 g/mol. The van der Waals surface area contributed by atoms with Crippen LogP contribution in [0.15, 0.2) is 60.7 Å². The average molecular weight is 407 g/mol. The zero-order valence-electron chi connectivity index (χ0n) is 16.5. The molecule has 1 aromatic heterocycles. The number of aromatic nitrogens is 2. The van der Waals surface area contributed by atoms with Crippen molar-refractivity contribution in [2.45, 2.75) is 26.3 Å². The van der Waals surface area contributed by atoms with Gasteiger partial charge in [-0.15, -0.1) is 0 Å². The number of benzene rings is 2. The van der Waals surface area contributed by atoms with Crippen LogP contribution in [0.1, 0.15) is 30.6 Å². The van der Waals surface area contributed by atoms with Gasteiger partial charge in [-0.1, -0.05) is 30.3 Å². The first-order valence-corrected chi connectivity index (χ1v) is 9.27. The first-order valence-electron chi connectivity index (χ1n) is 9.27. The topological polar surface area (TPSA) is 119 Å². The van der Waals surface area contributed by atoms with Gasteiger partial charge in [0, 0.05) is 25.1 Å². The molecule has 0 aliphatic carbocycles. The second-order valence-electron chi connectivity index (χ2n) is 6.77. The normalized spacial score (nSPS) is 11.5. The van der Waals surface area contributed by atoms with Crippen molar-refractivity contribution in [1.82, 2.24) is 15.1 Å². The van der Waals surface area contributed by atoms with Crippen LogP contribution in [-0.2, 0) is 9.59 Å². The number of non-ortho nitro benzene ring substituents is 1. The molecule has 2 N–H and O–H groups in total. The molecule has 0 spiro atoms. The van der Waals surface area contributed by atoms with Crippen LogP contribution >= 0.6 is 0 Å². The smallest absolute Gasteiger partial charge is 0.269 e. The summed E-state index contributed by atoms with van der Waals surface area (Å²) in [5, 5.41) is 20.8. The average Bonchev–Trinajstić information content (AvgIpc) is 3.07. The van der Waals surface area contributed by atoms with E-state index in [-0.39, 0.29) is 23.9 Å². The van der Waals surface area contributed by atoms with E-state index in [4.69, 9.17) is 0 Å². The Bertz CT molecular complexity index is 1060. The number of nitro benzene ring substituents is 1. The Morgan fingerprint density at radius 3 is 2.40 bits per heavy atom. The van der Waals surface area contributed by atoms with Crippen LogP contribution in [0, 0.1) is 17.0 Å². The predicted molar refractivity (Wildman–Crippen MR) is 111 cm³/mol. The molecule has 2 aromatic carbocycles. The van der Waals surface area contributed by atoms with E-state index >= 15 is 0 Å². The van der Waals surface area contributed by atoms with Gasteiger partial charge in [0.05, 0.1) is 28.8 Å². The van der Waals surface area contributed by atoms with Crippen LogP contribution in [0.4, 0.5) is 11.5 Å². The van der Waals surface area contributed by atoms with Gasteiger partial charge in [-0.3, -0.25) is 19.7 Å². The Morgan fingerprint density at radius 1 is 1.13 bits per heavy atom. The summed E-state index contributed by atoms with van der Waals surface area (Å²) in [6.07, 6.45) is 0.0358. The summed E-state index contributed by atoms with van der Waals surface area (Å²) in [5.74, 6) is -0.106. The lowest BCUT2D eigenvalue weighted by Crippen LogP contribution is -2.30. The molecule has 3 rings (SSSR count). The largest absolute Gasteiger partial charge is 0.349 e. The summed E-state index contributed by atoms with van der Waals surface area (Å²) in [5.41, 5.74) is 2.03. The predicted octanol–water partition coefficient (Wildman–Crippen LogP) is 3.29. The van der Waals surface area contributed by atoms with Crippen molar-refractivity contribution in [2.24, 2.45) is 0 Å². The molecule has 0 aliphatic heterocycles. The SMILES string of the molecule is CC(=O)NC(CC(=O)Nc1cc(C)nn1-c1ccc([N+](=O)[O-])cc1)c1ccccc1. The van der Waals surface area contributed by atoms with Crippen molar-refractivity contribution in [3.63, 3.8) is 0 Å². The van der Waals surface area contributed by atoms with Gasteiger partial charge >= 0.3 is 0 Å². The van der Waals surface area contributed by atoms with Crippen molar-refractivity contribution < 1.29 is 14.5 Å². The highest BCUT2D eigenvalue weighted by atomic mass is 16.6. The molecule has 9 heteroatoms. The summed E-state index contributed by atoms with van der Waals surface area (Å²) in [4.78, 5) is 34.7. The van der Waals surface area contributed by atoms with Gasteiger partial charge in [0.1, 0.15) is 5.82 Å². The van der Waals surface area contributed by atoms with E-state index in [1.165, 1.54) is 23.7 Å². The molecule has 0 radical (unpaired) electrons. The Kier molecular flexibility index (Phi) is 6.21. The number of rotatable bonds is 7. The van der Waals surface area contributed by atoms with Gasteiger partial charge in [-0.2, -0.15) is 5.10 Å². The second kappa shape index (κ2) is 8.99. The maximum absolute atomic E-state index is 12.7. The molecule has 9 nitrogen and oxygen atoms in total. The summed E-state index contributed by atoms with van der Waals surface area (Å²) in [7, 11) is 0. The fourth-order valence-corrected chi connectivity index (χ4v) is 3.06. The zero-order valence-corrected chi connectivity index (χ0v) is 16.5. The number of nitrogens with one attached hydrogen (secondary N) is 2. The molecule has 1 heterocycles. The highest BCUT2D eigenvalue weighted by Gasteiger charge is 2.19. The number of nitrogens with zero attached hydrogens (tertiary/aromatic N) is 3. The first-order chi connectivity index (χ1) is 14.3. The minimum absolute atomic E-state index is 0.0331. The Morgan fingerprint density at radius 2 is 1.80 bits per heavy atom.